The van der Waals surface area contributed by atoms with Gasteiger partial charge in [0.1, 0.15) is 5.58 Å². The molecule has 3 N–H and O–H groups in total. The maximum absolute atomic E-state index is 5.80. The van der Waals surface area contributed by atoms with Gasteiger partial charge in [0.2, 0.25) is 0 Å². The largest absolute Gasteiger partial charge is 0.464 e. The first-order chi connectivity index (χ1) is 9.70. The Labute approximate surface area is 118 Å². The van der Waals surface area contributed by atoms with E-state index in [1.807, 2.05) is 18.2 Å². The van der Waals surface area contributed by atoms with E-state index in [1.54, 1.807) is 6.26 Å². The van der Waals surface area contributed by atoms with Crippen LogP contribution in [0.4, 0.5) is 0 Å². The van der Waals surface area contributed by atoms with E-state index in [4.69, 9.17) is 10.3 Å². The van der Waals surface area contributed by atoms with Crippen molar-refractivity contribution in [2.24, 2.45) is 5.84 Å². The SMILES string of the molecule is Cc1ccc(C(NN)c2coc3ccccc23)c(C)c1. The zero-order valence-corrected chi connectivity index (χ0v) is 11.7. The van der Waals surface area contributed by atoms with Gasteiger partial charge < -0.3 is 4.42 Å². The van der Waals surface area contributed by atoms with E-state index < -0.39 is 0 Å². The summed E-state index contributed by atoms with van der Waals surface area (Å²) in [7, 11) is 0. The molecule has 0 bridgehead atoms. The number of benzene rings is 2. The lowest BCUT2D eigenvalue weighted by atomic mass is 9.94. The van der Waals surface area contributed by atoms with Crippen LogP contribution in [0.3, 0.4) is 0 Å². The Bertz CT molecular complexity index is 746. The van der Waals surface area contributed by atoms with Crippen molar-refractivity contribution in [1.29, 1.82) is 0 Å². The van der Waals surface area contributed by atoms with E-state index in [-0.39, 0.29) is 6.04 Å². The Morgan fingerprint density at radius 2 is 1.85 bits per heavy atom. The molecule has 0 saturated heterocycles. The van der Waals surface area contributed by atoms with Crippen molar-refractivity contribution in [3.63, 3.8) is 0 Å². The van der Waals surface area contributed by atoms with Gasteiger partial charge in [0.15, 0.2) is 0 Å². The fraction of sp³-hybridized carbons (Fsp3) is 0.176. The van der Waals surface area contributed by atoms with E-state index in [9.17, 15) is 0 Å². The molecule has 102 valence electrons. The molecular weight excluding hydrogens is 248 g/mol. The molecule has 0 radical (unpaired) electrons. The number of hydrazine groups is 1. The Balaban J connectivity index is 2.14. The molecular formula is C17H18N2O. The summed E-state index contributed by atoms with van der Waals surface area (Å²) in [6.45, 7) is 4.20. The molecule has 3 aromatic rings. The predicted octanol–water partition coefficient (Wildman–Crippen LogP) is 3.60. The predicted molar refractivity (Wildman–Crippen MR) is 81.3 cm³/mol. The lowest BCUT2D eigenvalue weighted by molar-refractivity contribution is 0.585. The van der Waals surface area contributed by atoms with Crippen LogP contribution in [-0.2, 0) is 0 Å². The third kappa shape index (κ3) is 2.11. The van der Waals surface area contributed by atoms with Crippen LogP contribution in [0.25, 0.3) is 11.0 Å². The van der Waals surface area contributed by atoms with Crippen LogP contribution in [0.1, 0.15) is 28.3 Å². The summed E-state index contributed by atoms with van der Waals surface area (Å²) in [6, 6.07) is 14.3. The molecule has 1 unspecified atom stereocenters. The van der Waals surface area contributed by atoms with Gasteiger partial charge in [-0.15, -0.1) is 0 Å². The molecule has 0 aliphatic carbocycles. The van der Waals surface area contributed by atoms with Crippen molar-refractivity contribution in [1.82, 2.24) is 5.43 Å². The second-order valence-electron chi connectivity index (χ2n) is 5.15. The van der Waals surface area contributed by atoms with Crippen molar-refractivity contribution in [2.75, 3.05) is 0 Å². The normalized spacial score (nSPS) is 12.8. The van der Waals surface area contributed by atoms with Crippen molar-refractivity contribution in [3.8, 4) is 0 Å². The van der Waals surface area contributed by atoms with Gasteiger partial charge in [-0.2, -0.15) is 0 Å². The summed E-state index contributed by atoms with van der Waals surface area (Å²) in [5, 5.41) is 1.09. The first-order valence-corrected chi connectivity index (χ1v) is 6.70. The monoisotopic (exact) mass is 266 g/mol. The summed E-state index contributed by atoms with van der Waals surface area (Å²) < 4.78 is 5.62. The molecule has 3 rings (SSSR count). The Morgan fingerprint density at radius 1 is 1.05 bits per heavy atom. The quantitative estimate of drug-likeness (QED) is 0.562. The second kappa shape index (κ2) is 5.12. The fourth-order valence-corrected chi connectivity index (χ4v) is 2.72. The highest BCUT2D eigenvalue weighted by molar-refractivity contribution is 5.82. The summed E-state index contributed by atoms with van der Waals surface area (Å²) in [5.74, 6) is 5.80. The number of para-hydroxylation sites is 1. The minimum atomic E-state index is -0.0701. The van der Waals surface area contributed by atoms with Crippen molar-refractivity contribution in [2.45, 2.75) is 19.9 Å². The number of hydrogen-bond donors (Lipinski definition) is 2. The van der Waals surface area contributed by atoms with Crippen molar-refractivity contribution < 1.29 is 4.42 Å². The molecule has 0 spiro atoms. The molecule has 3 nitrogen and oxygen atoms in total. The first kappa shape index (κ1) is 12.9. The second-order valence-corrected chi connectivity index (χ2v) is 5.15. The molecule has 20 heavy (non-hydrogen) atoms. The van der Waals surface area contributed by atoms with E-state index in [0.29, 0.717) is 0 Å². The highest BCUT2D eigenvalue weighted by Crippen LogP contribution is 2.31. The van der Waals surface area contributed by atoms with Gasteiger partial charge >= 0.3 is 0 Å². The molecule has 1 aromatic heterocycles. The molecule has 0 saturated carbocycles. The Kier molecular flexibility index (Phi) is 3.30. The van der Waals surface area contributed by atoms with Gasteiger partial charge in [0.05, 0.1) is 12.3 Å². The van der Waals surface area contributed by atoms with Crippen molar-refractivity contribution in [3.05, 3.63) is 71.0 Å². The third-order valence-corrected chi connectivity index (χ3v) is 3.72. The maximum atomic E-state index is 5.80. The molecule has 2 aromatic carbocycles. The highest BCUT2D eigenvalue weighted by atomic mass is 16.3. The minimum Gasteiger partial charge on any atom is -0.464 e. The van der Waals surface area contributed by atoms with Crippen LogP contribution in [0.15, 0.2) is 53.1 Å². The molecule has 0 fully saturated rings. The summed E-state index contributed by atoms with van der Waals surface area (Å²) in [5.41, 5.74) is 8.50. The summed E-state index contributed by atoms with van der Waals surface area (Å²) in [4.78, 5) is 0. The van der Waals surface area contributed by atoms with E-state index in [2.05, 4.69) is 43.5 Å². The van der Waals surface area contributed by atoms with Crippen LogP contribution in [-0.4, -0.2) is 0 Å². The van der Waals surface area contributed by atoms with E-state index in [0.717, 1.165) is 16.5 Å². The molecule has 0 amide bonds. The van der Waals surface area contributed by atoms with Gasteiger partial charge in [-0.05, 0) is 31.0 Å². The smallest absolute Gasteiger partial charge is 0.134 e. The summed E-state index contributed by atoms with van der Waals surface area (Å²) in [6.07, 6.45) is 1.79. The zero-order valence-electron chi connectivity index (χ0n) is 11.7. The van der Waals surface area contributed by atoms with Crippen LogP contribution in [0.2, 0.25) is 0 Å². The van der Waals surface area contributed by atoms with E-state index >= 15 is 0 Å². The minimum absolute atomic E-state index is 0.0701. The number of rotatable bonds is 3. The highest BCUT2D eigenvalue weighted by Gasteiger charge is 2.19. The van der Waals surface area contributed by atoms with Crippen LogP contribution in [0.5, 0.6) is 0 Å². The zero-order chi connectivity index (χ0) is 14.1. The maximum Gasteiger partial charge on any atom is 0.134 e. The molecule has 0 aliphatic rings. The molecule has 1 atom stereocenters. The summed E-state index contributed by atoms with van der Waals surface area (Å²) >= 11 is 0. The number of aryl methyl sites for hydroxylation is 2. The molecule has 1 heterocycles. The van der Waals surface area contributed by atoms with E-state index in [1.165, 1.54) is 16.7 Å². The number of nitrogens with two attached hydrogens (primary N) is 1. The number of hydrogen-bond acceptors (Lipinski definition) is 3. The molecule has 0 aliphatic heterocycles. The van der Waals surface area contributed by atoms with Gasteiger partial charge in [-0.1, -0.05) is 42.0 Å². The Morgan fingerprint density at radius 3 is 2.60 bits per heavy atom. The Hall–Kier alpha value is -2.10. The topological polar surface area (TPSA) is 51.2 Å². The molecule has 3 heteroatoms. The fourth-order valence-electron chi connectivity index (χ4n) is 2.72. The van der Waals surface area contributed by atoms with Gasteiger partial charge in [0, 0.05) is 10.9 Å². The number of furan rings is 1. The van der Waals surface area contributed by atoms with Crippen LogP contribution in [0, 0.1) is 13.8 Å². The lowest BCUT2D eigenvalue weighted by Crippen LogP contribution is -2.29. The third-order valence-electron chi connectivity index (χ3n) is 3.72. The standard InChI is InChI=1S/C17H18N2O/c1-11-7-8-13(12(2)9-11)17(19-18)15-10-20-16-6-4-3-5-14(15)16/h3-10,17,19H,18H2,1-2H3. The lowest BCUT2D eigenvalue weighted by Gasteiger charge is -2.18. The van der Waals surface area contributed by atoms with Crippen molar-refractivity contribution >= 4 is 11.0 Å². The van der Waals surface area contributed by atoms with Gasteiger partial charge in [-0.3, -0.25) is 5.84 Å². The van der Waals surface area contributed by atoms with Crippen LogP contribution < -0.4 is 11.3 Å². The van der Waals surface area contributed by atoms with Gasteiger partial charge in [-0.25, -0.2) is 5.43 Å². The average molecular weight is 266 g/mol. The van der Waals surface area contributed by atoms with Gasteiger partial charge in [0.25, 0.3) is 0 Å². The number of fused-ring (bicyclic) bond motifs is 1. The first-order valence-electron chi connectivity index (χ1n) is 6.70. The van der Waals surface area contributed by atoms with Crippen LogP contribution >= 0.6 is 0 Å². The average Bonchev–Trinajstić information content (AvgIpc) is 2.86. The number of nitrogens with one attached hydrogen (secondary N) is 1.